The number of hydrogen-bond acceptors (Lipinski definition) is 3. The van der Waals surface area contributed by atoms with E-state index < -0.39 is 0 Å². The van der Waals surface area contributed by atoms with E-state index in [1.165, 1.54) is 27.8 Å². The van der Waals surface area contributed by atoms with Gasteiger partial charge in [-0.2, -0.15) is 0 Å². The Balaban J connectivity index is 1.74. The van der Waals surface area contributed by atoms with Crippen molar-refractivity contribution in [3.63, 3.8) is 0 Å². The lowest BCUT2D eigenvalue weighted by Crippen LogP contribution is -2.52. The van der Waals surface area contributed by atoms with Gasteiger partial charge in [0.05, 0.1) is 6.61 Å². The van der Waals surface area contributed by atoms with Crippen molar-refractivity contribution in [3.8, 4) is 11.1 Å². The van der Waals surface area contributed by atoms with Crippen LogP contribution < -0.4 is 0 Å². The normalized spacial score (nSPS) is 17.0. The summed E-state index contributed by atoms with van der Waals surface area (Å²) in [6.45, 7) is 6.78. The molecule has 2 aromatic carbocycles. The smallest absolute Gasteiger partial charge is 0.0617 e. The molecule has 1 N–H and O–H groups in total. The van der Waals surface area contributed by atoms with Crippen LogP contribution in [0.15, 0.2) is 42.5 Å². The van der Waals surface area contributed by atoms with Crippen LogP contribution in [0.3, 0.4) is 0 Å². The fourth-order valence-electron chi connectivity index (χ4n) is 3.80. The summed E-state index contributed by atoms with van der Waals surface area (Å²) < 4.78 is 5.47. The van der Waals surface area contributed by atoms with Gasteiger partial charge in [0, 0.05) is 25.3 Å². The summed E-state index contributed by atoms with van der Waals surface area (Å²) in [4.78, 5) is 2.29. The Hall–Kier alpha value is -1.68. The van der Waals surface area contributed by atoms with Crippen molar-refractivity contribution in [2.24, 2.45) is 0 Å². The molecule has 1 heterocycles. The maximum Gasteiger partial charge on any atom is 0.0617 e. The average Bonchev–Trinajstić information content (AvgIpc) is 2.62. The fraction of sp³-hybridized carbons (Fsp3) is 0.455. The van der Waals surface area contributed by atoms with Crippen molar-refractivity contribution in [2.75, 3.05) is 26.9 Å². The van der Waals surface area contributed by atoms with E-state index in [4.69, 9.17) is 4.74 Å². The number of hydrogen-bond donors (Lipinski definition) is 1. The van der Waals surface area contributed by atoms with E-state index >= 15 is 0 Å². The molecule has 3 rings (SSSR count). The van der Waals surface area contributed by atoms with E-state index in [1.807, 2.05) is 0 Å². The second-order valence-corrected chi connectivity index (χ2v) is 7.42. The summed E-state index contributed by atoms with van der Waals surface area (Å²) in [5, 5.41) is 9.94. The molecule has 0 amide bonds. The van der Waals surface area contributed by atoms with Crippen molar-refractivity contribution >= 4 is 0 Å². The van der Waals surface area contributed by atoms with Crippen LogP contribution in [0.25, 0.3) is 11.1 Å². The summed E-state index contributed by atoms with van der Waals surface area (Å²) in [6, 6.07) is 15.5. The largest absolute Gasteiger partial charge is 0.394 e. The monoisotopic (exact) mass is 339 g/mol. The highest BCUT2D eigenvalue weighted by Crippen LogP contribution is 2.28. The van der Waals surface area contributed by atoms with Crippen LogP contribution in [-0.2, 0) is 11.3 Å². The number of rotatable bonds is 5. The molecule has 0 atom stereocenters. The quantitative estimate of drug-likeness (QED) is 0.895. The van der Waals surface area contributed by atoms with Crippen molar-refractivity contribution in [1.82, 2.24) is 4.90 Å². The zero-order chi connectivity index (χ0) is 17.9. The van der Waals surface area contributed by atoms with Crippen LogP contribution in [0, 0.1) is 13.8 Å². The first-order chi connectivity index (χ1) is 12.0. The van der Waals surface area contributed by atoms with Crippen LogP contribution in [-0.4, -0.2) is 42.4 Å². The lowest BCUT2D eigenvalue weighted by Gasteiger charge is -2.43. The van der Waals surface area contributed by atoms with E-state index in [0.29, 0.717) is 0 Å². The van der Waals surface area contributed by atoms with Crippen LogP contribution >= 0.6 is 0 Å². The Morgan fingerprint density at radius 2 is 1.56 bits per heavy atom. The second kappa shape index (κ2) is 7.69. The van der Waals surface area contributed by atoms with Gasteiger partial charge in [-0.25, -0.2) is 0 Å². The predicted octanol–water partition coefficient (Wildman–Crippen LogP) is 3.94. The minimum atomic E-state index is -0.148. The number of aliphatic hydroxyl groups excluding tert-OH is 1. The number of ether oxygens (including phenoxy) is 1. The number of aryl methyl sites for hydroxylation is 2. The standard InChI is InChI=1S/C22H29NO2/c1-17-12-18(2)14-21(13-17)20-6-4-19(5-7-20)15-23(3)22(16-24)8-10-25-11-9-22/h4-7,12-14,24H,8-11,15-16H2,1-3H3. The third-order valence-corrected chi connectivity index (χ3v) is 5.46. The first-order valence-electron chi connectivity index (χ1n) is 9.10. The minimum Gasteiger partial charge on any atom is -0.394 e. The molecule has 3 nitrogen and oxygen atoms in total. The summed E-state index contributed by atoms with van der Waals surface area (Å²) in [6.07, 6.45) is 1.78. The molecular weight excluding hydrogens is 310 g/mol. The van der Waals surface area contributed by atoms with Gasteiger partial charge in [0.2, 0.25) is 0 Å². The first-order valence-corrected chi connectivity index (χ1v) is 9.10. The molecule has 1 aliphatic rings. The van der Waals surface area contributed by atoms with Gasteiger partial charge < -0.3 is 9.84 Å². The highest BCUT2D eigenvalue weighted by molar-refractivity contribution is 5.65. The molecule has 0 unspecified atom stereocenters. The van der Waals surface area contributed by atoms with Gasteiger partial charge in [0.15, 0.2) is 0 Å². The van der Waals surface area contributed by atoms with Crippen LogP contribution in [0.2, 0.25) is 0 Å². The summed E-state index contributed by atoms with van der Waals surface area (Å²) >= 11 is 0. The topological polar surface area (TPSA) is 32.7 Å². The van der Waals surface area contributed by atoms with Gasteiger partial charge in [0.1, 0.15) is 0 Å². The molecule has 1 fully saturated rings. The van der Waals surface area contributed by atoms with Gasteiger partial charge in [-0.05, 0) is 50.4 Å². The van der Waals surface area contributed by atoms with Crippen molar-refractivity contribution in [1.29, 1.82) is 0 Å². The van der Waals surface area contributed by atoms with Crippen molar-refractivity contribution in [3.05, 3.63) is 59.2 Å². The van der Waals surface area contributed by atoms with Crippen LogP contribution in [0.4, 0.5) is 0 Å². The van der Waals surface area contributed by atoms with Gasteiger partial charge in [0.25, 0.3) is 0 Å². The molecule has 0 saturated carbocycles. The number of aliphatic hydroxyl groups is 1. The van der Waals surface area contributed by atoms with Crippen molar-refractivity contribution in [2.45, 2.75) is 38.8 Å². The molecule has 0 aromatic heterocycles. The number of likely N-dealkylation sites (N-methyl/N-ethyl adjacent to an activating group) is 1. The molecule has 0 aliphatic carbocycles. The summed E-state index contributed by atoms with van der Waals surface area (Å²) in [5.41, 5.74) is 6.24. The molecule has 0 spiro atoms. The van der Waals surface area contributed by atoms with Crippen molar-refractivity contribution < 1.29 is 9.84 Å². The first kappa shape index (κ1) is 18.1. The minimum absolute atomic E-state index is 0.148. The van der Waals surface area contributed by atoms with E-state index in [0.717, 1.165) is 32.6 Å². The summed E-state index contributed by atoms with van der Waals surface area (Å²) in [7, 11) is 2.11. The maximum atomic E-state index is 9.94. The fourth-order valence-corrected chi connectivity index (χ4v) is 3.80. The Labute approximate surface area is 151 Å². The Morgan fingerprint density at radius 3 is 2.12 bits per heavy atom. The average molecular weight is 339 g/mol. The zero-order valence-corrected chi connectivity index (χ0v) is 15.6. The van der Waals surface area contributed by atoms with Gasteiger partial charge in [-0.1, -0.05) is 53.6 Å². The van der Waals surface area contributed by atoms with Gasteiger partial charge in [-0.15, -0.1) is 0 Å². The Bertz CT molecular complexity index is 682. The molecule has 3 heteroatoms. The molecule has 0 radical (unpaired) electrons. The molecule has 25 heavy (non-hydrogen) atoms. The molecule has 1 saturated heterocycles. The van der Waals surface area contributed by atoms with E-state index in [9.17, 15) is 5.11 Å². The van der Waals surface area contributed by atoms with Crippen LogP contribution in [0.1, 0.15) is 29.5 Å². The molecule has 0 bridgehead atoms. The third kappa shape index (κ3) is 4.12. The van der Waals surface area contributed by atoms with E-state index in [2.05, 4.69) is 68.3 Å². The zero-order valence-electron chi connectivity index (χ0n) is 15.6. The maximum absolute atomic E-state index is 9.94. The van der Waals surface area contributed by atoms with Gasteiger partial charge >= 0.3 is 0 Å². The molecule has 1 aliphatic heterocycles. The second-order valence-electron chi connectivity index (χ2n) is 7.42. The Morgan fingerprint density at radius 1 is 0.960 bits per heavy atom. The van der Waals surface area contributed by atoms with E-state index in [1.54, 1.807) is 0 Å². The molecule has 2 aromatic rings. The Kier molecular flexibility index (Phi) is 5.57. The lowest BCUT2D eigenvalue weighted by molar-refractivity contribution is -0.0493. The molecule has 134 valence electrons. The van der Waals surface area contributed by atoms with Crippen LogP contribution in [0.5, 0.6) is 0 Å². The highest BCUT2D eigenvalue weighted by Gasteiger charge is 2.35. The lowest BCUT2D eigenvalue weighted by atomic mass is 9.89. The highest BCUT2D eigenvalue weighted by atomic mass is 16.5. The predicted molar refractivity (Wildman–Crippen MR) is 103 cm³/mol. The van der Waals surface area contributed by atoms with E-state index in [-0.39, 0.29) is 12.1 Å². The van der Waals surface area contributed by atoms with Gasteiger partial charge in [-0.3, -0.25) is 4.90 Å². The number of nitrogens with zero attached hydrogens (tertiary/aromatic N) is 1. The number of benzene rings is 2. The summed E-state index contributed by atoms with van der Waals surface area (Å²) in [5.74, 6) is 0. The third-order valence-electron chi connectivity index (χ3n) is 5.46. The molecular formula is C22H29NO2. The SMILES string of the molecule is Cc1cc(C)cc(-c2ccc(CN(C)C3(CO)CCOCC3)cc2)c1.